The van der Waals surface area contributed by atoms with E-state index < -0.39 is 0 Å². The lowest BCUT2D eigenvalue weighted by Crippen LogP contribution is -2.12. The topological polar surface area (TPSA) is 60.5 Å². The molecule has 1 aromatic heterocycles. The summed E-state index contributed by atoms with van der Waals surface area (Å²) < 4.78 is 5.39. The van der Waals surface area contributed by atoms with Crippen LogP contribution in [0.3, 0.4) is 0 Å². The van der Waals surface area contributed by atoms with E-state index in [4.69, 9.17) is 10.5 Å². The Kier molecular flexibility index (Phi) is 5.87. The maximum absolute atomic E-state index is 6.22. The third kappa shape index (κ3) is 4.73. The van der Waals surface area contributed by atoms with Gasteiger partial charge < -0.3 is 10.5 Å². The van der Waals surface area contributed by atoms with Crippen molar-refractivity contribution in [1.29, 1.82) is 0 Å². The molecule has 0 fully saturated rings. The molecule has 0 aliphatic carbocycles. The van der Waals surface area contributed by atoms with Crippen molar-refractivity contribution in [3.8, 4) is 16.9 Å². The summed E-state index contributed by atoms with van der Waals surface area (Å²) in [5.41, 5.74) is 12.8. The maximum Gasteiger partial charge on any atom is 0.122 e. The first kappa shape index (κ1) is 18.6. The van der Waals surface area contributed by atoms with Gasteiger partial charge in [0, 0.05) is 18.8 Å². The minimum absolute atomic E-state index is 0.629. The molecular formula is C23H25N3O. The molecule has 0 aliphatic heterocycles. The number of hydrogen-bond donors (Lipinski definition) is 1. The lowest BCUT2D eigenvalue weighted by Gasteiger charge is -2.09. The van der Waals surface area contributed by atoms with Crippen molar-refractivity contribution in [1.82, 2.24) is 4.98 Å². The fourth-order valence-corrected chi connectivity index (χ4v) is 2.96. The number of pyridine rings is 1. The van der Waals surface area contributed by atoms with Crippen molar-refractivity contribution < 1.29 is 4.74 Å². The van der Waals surface area contributed by atoms with Crippen molar-refractivity contribution >= 4 is 11.5 Å². The first-order valence-corrected chi connectivity index (χ1v) is 9.04. The molecule has 2 N–H and O–H groups in total. The molecule has 3 aromatic rings. The molecule has 0 aliphatic rings. The smallest absolute Gasteiger partial charge is 0.122 e. The number of ether oxygens (including phenoxy) is 1. The Labute approximate surface area is 160 Å². The second-order valence-electron chi connectivity index (χ2n) is 6.64. The molecule has 0 bridgehead atoms. The highest BCUT2D eigenvalue weighted by Gasteiger charge is 2.05. The summed E-state index contributed by atoms with van der Waals surface area (Å²) in [7, 11) is 1.69. The van der Waals surface area contributed by atoms with Crippen LogP contribution in [0, 0.1) is 13.8 Å². The summed E-state index contributed by atoms with van der Waals surface area (Å²) in [5.74, 6) is 1.54. The van der Waals surface area contributed by atoms with Crippen LogP contribution in [0.4, 0.5) is 5.69 Å². The minimum atomic E-state index is 0.629. The summed E-state index contributed by atoms with van der Waals surface area (Å²) in [6, 6.07) is 16.5. The predicted octanol–water partition coefficient (Wildman–Crippen LogP) is 5.00. The Bertz CT molecular complexity index is 949. The molecule has 3 rings (SSSR count). The van der Waals surface area contributed by atoms with Crippen LogP contribution in [0.15, 0.2) is 65.9 Å². The quantitative estimate of drug-likeness (QED) is 0.498. The van der Waals surface area contributed by atoms with E-state index in [-0.39, 0.29) is 0 Å². The Hall–Kier alpha value is -3.14. The zero-order chi connectivity index (χ0) is 19.2. The normalized spacial score (nSPS) is 11.4. The number of hydrogen-bond acceptors (Lipinski definition) is 3. The lowest BCUT2D eigenvalue weighted by molar-refractivity contribution is 0.411. The summed E-state index contributed by atoms with van der Waals surface area (Å²) >= 11 is 0. The largest absolute Gasteiger partial charge is 0.496 e. The molecule has 0 spiro atoms. The Balaban J connectivity index is 1.76. The zero-order valence-corrected chi connectivity index (χ0v) is 16.1. The van der Waals surface area contributed by atoms with E-state index in [2.05, 4.69) is 46.4 Å². The molecule has 4 heteroatoms. The molecule has 0 saturated heterocycles. The van der Waals surface area contributed by atoms with Gasteiger partial charge in [0.1, 0.15) is 5.75 Å². The number of nitrogens with zero attached hydrogens (tertiary/aromatic N) is 2. The van der Waals surface area contributed by atoms with Gasteiger partial charge in [-0.3, -0.25) is 4.98 Å². The molecular weight excluding hydrogens is 334 g/mol. The van der Waals surface area contributed by atoms with Gasteiger partial charge in [-0.15, -0.1) is 0 Å². The Morgan fingerprint density at radius 3 is 2.44 bits per heavy atom. The Morgan fingerprint density at radius 1 is 0.963 bits per heavy atom. The minimum Gasteiger partial charge on any atom is -0.496 e. The zero-order valence-electron chi connectivity index (χ0n) is 16.1. The fourth-order valence-electron chi connectivity index (χ4n) is 2.96. The number of aliphatic imine (C=N–C) groups is 1. The van der Waals surface area contributed by atoms with E-state index in [0.717, 1.165) is 40.1 Å². The van der Waals surface area contributed by atoms with Gasteiger partial charge in [-0.05, 0) is 72.4 Å². The van der Waals surface area contributed by atoms with E-state index in [0.29, 0.717) is 12.3 Å². The second-order valence-corrected chi connectivity index (χ2v) is 6.64. The van der Waals surface area contributed by atoms with Crippen LogP contribution < -0.4 is 10.5 Å². The number of methoxy groups -OCH3 is 1. The van der Waals surface area contributed by atoms with Gasteiger partial charge in [0.05, 0.1) is 18.6 Å². The maximum atomic E-state index is 6.22. The van der Waals surface area contributed by atoms with Gasteiger partial charge in [0.15, 0.2) is 0 Å². The van der Waals surface area contributed by atoms with Crippen molar-refractivity contribution in [2.75, 3.05) is 7.11 Å². The van der Waals surface area contributed by atoms with Crippen molar-refractivity contribution in [2.24, 2.45) is 10.7 Å². The van der Waals surface area contributed by atoms with E-state index in [1.165, 1.54) is 5.56 Å². The molecule has 138 valence electrons. The number of rotatable bonds is 6. The molecule has 2 aromatic carbocycles. The van der Waals surface area contributed by atoms with Crippen LogP contribution in [0.2, 0.25) is 0 Å². The van der Waals surface area contributed by atoms with Gasteiger partial charge in [0.2, 0.25) is 0 Å². The number of aryl methyl sites for hydroxylation is 3. The van der Waals surface area contributed by atoms with Crippen LogP contribution in [-0.2, 0) is 6.42 Å². The third-order valence-corrected chi connectivity index (χ3v) is 4.63. The molecule has 27 heavy (non-hydrogen) atoms. The highest BCUT2D eigenvalue weighted by molar-refractivity contribution is 5.84. The summed E-state index contributed by atoms with van der Waals surface area (Å²) in [4.78, 5) is 8.74. The number of benzene rings is 2. The number of amidine groups is 1. The van der Waals surface area contributed by atoms with Crippen LogP contribution in [0.5, 0.6) is 5.75 Å². The molecule has 0 atom stereocenters. The standard InChI is InChI=1S/C23H25N3O/c1-16-5-8-20(19-10-12-25-13-11-19)15-21(16)26-23(24)9-7-18-6-4-17(2)22(14-18)27-3/h4-6,8,10-15H,7,9H2,1-3H3,(H2,24,26). The lowest BCUT2D eigenvalue weighted by atomic mass is 10.0. The van der Waals surface area contributed by atoms with Crippen LogP contribution in [0.25, 0.3) is 11.1 Å². The first-order valence-electron chi connectivity index (χ1n) is 9.04. The van der Waals surface area contributed by atoms with Gasteiger partial charge >= 0.3 is 0 Å². The molecule has 4 nitrogen and oxygen atoms in total. The van der Waals surface area contributed by atoms with E-state index in [1.807, 2.05) is 26.0 Å². The second kappa shape index (κ2) is 8.49. The van der Waals surface area contributed by atoms with E-state index >= 15 is 0 Å². The molecule has 1 heterocycles. The summed E-state index contributed by atoms with van der Waals surface area (Å²) in [6.45, 7) is 4.09. The highest BCUT2D eigenvalue weighted by Crippen LogP contribution is 2.27. The van der Waals surface area contributed by atoms with E-state index in [1.54, 1.807) is 19.5 Å². The predicted molar refractivity (Wildman–Crippen MR) is 112 cm³/mol. The first-order chi connectivity index (χ1) is 13.1. The Morgan fingerprint density at radius 2 is 1.70 bits per heavy atom. The van der Waals surface area contributed by atoms with E-state index in [9.17, 15) is 0 Å². The highest BCUT2D eigenvalue weighted by atomic mass is 16.5. The van der Waals surface area contributed by atoms with Gasteiger partial charge in [-0.1, -0.05) is 24.3 Å². The monoisotopic (exact) mass is 359 g/mol. The van der Waals surface area contributed by atoms with Crippen LogP contribution in [0.1, 0.15) is 23.1 Å². The van der Waals surface area contributed by atoms with Gasteiger partial charge in [-0.2, -0.15) is 0 Å². The number of aromatic nitrogens is 1. The van der Waals surface area contributed by atoms with Crippen LogP contribution >= 0.6 is 0 Å². The van der Waals surface area contributed by atoms with Crippen molar-refractivity contribution in [3.05, 3.63) is 77.6 Å². The fraction of sp³-hybridized carbons (Fsp3) is 0.217. The molecule has 0 unspecified atom stereocenters. The summed E-state index contributed by atoms with van der Waals surface area (Å²) in [5, 5.41) is 0. The SMILES string of the molecule is COc1cc(CC/C(N)=N\c2cc(-c3ccncc3)ccc2C)ccc1C. The average molecular weight is 359 g/mol. The van der Waals surface area contributed by atoms with Crippen molar-refractivity contribution in [3.63, 3.8) is 0 Å². The molecule has 0 amide bonds. The summed E-state index contributed by atoms with van der Waals surface area (Å²) in [6.07, 6.45) is 5.12. The average Bonchev–Trinajstić information content (AvgIpc) is 2.69. The van der Waals surface area contributed by atoms with Gasteiger partial charge in [-0.25, -0.2) is 4.99 Å². The molecule has 0 radical (unpaired) electrons. The third-order valence-electron chi connectivity index (χ3n) is 4.63. The number of nitrogens with two attached hydrogens (primary N) is 1. The van der Waals surface area contributed by atoms with Crippen molar-refractivity contribution in [2.45, 2.75) is 26.7 Å². The van der Waals surface area contributed by atoms with Gasteiger partial charge in [0.25, 0.3) is 0 Å². The molecule has 0 saturated carbocycles. The van der Waals surface area contributed by atoms with Crippen LogP contribution in [-0.4, -0.2) is 17.9 Å².